The van der Waals surface area contributed by atoms with E-state index in [-0.39, 0.29) is 12.3 Å². The maximum atomic E-state index is 12.1. The molecule has 1 heterocycles. The van der Waals surface area contributed by atoms with Gasteiger partial charge in [-0.3, -0.25) is 20.4 Å². The van der Waals surface area contributed by atoms with E-state index >= 15 is 0 Å². The molecule has 1 unspecified atom stereocenters. The quantitative estimate of drug-likeness (QED) is 0.625. The van der Waals surface area contributed by atoms with Crippen LogP contribution in [0.2, 0.25) is 0 Å². The van der Waals surface area contributed by atoms with Crippen LogP contribution in [0.5, 0.6) is 5.75 Å². The van der Waals surface area contributed by atoms with Crippen LogP contribution >= 0.6 is 0 Å². The number of aromatic amines is 1. The number of aromatic nitrogens is 1. The fraction of sp³-hybridized carbons (Fsp3) is 0.158. The predicted molar refractivity (Wildman–Crippen MR) is 94.8 cm³/mol. The highest BCUT2D eigenvalue weighted by molar-refractivity contribution is 5.90. The molecule has 0 bridgehead atoms. The van der Waals surface area contributed by atoms with Crippen LogP contribution in [0, 0.1) is 0 Å². The van der Waals surface area contributed by atoms with Gasteiger partial charge in [-0.1, -0.05) is 36.4 Å². The number of hydrogen-bond donors (Lipinski definition) is 3. The van der Waals surface area contributed by atoms with E-state index in [1.807, 2.05) is 42.5 Å². The first-order chi connectivity index (χ1) is 12.1. The van der Waals surface area contributed by atoms with Crippen LogP contribution in [0.1, 0.15) is 12.5 Å². The van der Waals surface area contributed by atoms with Crippen molar-refractivity contribution in [2.75, 3.05) is 0 Å². The summed E-state index contributed by atoms with van der Waals surface area (Å²) in [4.78, 5) is 27.2. The zero-order chi connectivity index (χ0) is 17.6. The van der Waals surface area contributed by atoms with Gasteiger partial charge >= 0.3 is 0 Å². The molecular formula is C19H19N3O3. The molecule has 0 aliphatic carbocycles. The molecule has 128 valence electrons. The molecule has 0 fully saturated rings. The molecule has 0 spiro atoms. The Hall–Kier alpha value is -3.28. The number of benzene rings is 2. The summed E-state index contributed by atoms with van der Waals surface area (Å²) in [6.45, 7) is 1.62. The first-order valence-corrected chi connectivity index (χ1v) is 7.99. The Kier molecular flexibility index (Phi) is 4.99. The number of fused-ring (bicyclic) bond motifs is 1. The lowest BCUT2D eigenvalue weighted by Crippen LogP contribution is -2.47. The second kappa shape index (κ2) is 7.53. The smallest absolute Gasteiger partial charge is 0.279 e. The van der Waals surface area contributed by atoms with Crippen LogP contribution in [0.15, 0.2) is 60.8 Å². The summed E-state index contributed by atoms with van der Waals surface area (Å²) in [5.74, 6) is -0.128. The third kappa shape index (κ3) is 4.17. The van der Waals surface area contributed by atoms with Gasteiger partial charge in [0.2, 0.25) is 5.91 Å². The first-order valence-electron chi connectivity index (χ1n) is 7.99. The largest absolute Gasteiger partial charge is 0.481 e. The number of nitrogens with one attached hydrogen (secondary N) is 3. The minimum absolute atomic E-state index is 0.165. The van der Waals surface area contributed by atoms with Crippen molar-refractivity contribution in [2.24, 2.45) is 0 Å². The second-order valence-corrected chi connectivity index (χ2v) is 5.65. The summed E-state index contributed by atoms with van der Waals surface area (Å²) in [5.41, 5.74) is 6.65. The maximum absolute atomic E-state index is 12.1. The Morgan fingerprint density at radius 3 is 2.56 bits per heavy atom. The molecule has 0 aliphatic rings. The number of para-hydroxylation sites is 2. The summed E-state index contributed by atoms with van der Waals surface area (Å²) in [7, 11) is 0. The van der Waals surface area contributed by atoms with Gasteiger partial charge in [0.25, 0.3) is 5.91 Å². The molecule has 3 rings (SSSR count). The molecule has 1 atom stereocenters. The summed E-state index contributed by atoms with van der Waals surface area (Å²) in [6.07, 6.45) is 1.24. The highest BCUT2D eigenvalue weighted by Gasteiger charge is 2.16. The van der Waals surface area contributed by atoms with E-state index < -0.39 is 12.0 Å². The molecule has 6 nitrogen and oxygen atoms in total. The van der Waals surface area contributed by atoms with Crippen LogP contribution in [-0.2, 0) is 16.0 Å². The van der Waals surface area contributed by atoms with Crippen LogP contribution in [0.3, 0.4) is 0 Å². The average Bonchev–Trinajstić information content (AvgIpc) is 3.03. The molecular weight excluding hydrogens is 318 g/mol. The van der Waals surface area contributed by atoms with E-state index in [1.54, 1.807) is 25.3 Å². The van der Waals surface area contributed by atoms with Gasteiger partial charge in [0.05, 0.1) is 6.42 Å². The third-order valence-corrected chi connectivity index (χ3v) is 3.78. The van der Waals surface area contributed by atoms with Crippen molar-refractivity contribution in [3.8, 4) is 5.75 Å². The fourth-order valence-electron chi connectivity index (χ4n) is 2.48. The fourth-order valence-corrected chi connectivity index (χ4v) is 2.48. The summed E-state index contributed by atoms with van der Waals surface area (Å²) < 4.78 is 5.50. The number of hydrazine groups is 1. The summed E-state index contributed by atoms with van der Waals surface area (Å²) in [5, 5.41) is 0.991. The van der Waals surface area contributed by atoms with E-state index in [4.69, 9.17) is 4.74 Å². The maximum Gasteiger partial charge on any atom is 0.279 e. The minimum atomic E-state index is -0.726. The minimum Gasteiger partial charge on any atom is -0.481 e. The lowest BCUT2D eigenvalue weighted by Gasteiger charge is -2.15. The van der Waals surface area contributed by atoms with E-state index in [9.17, 15) is 9.59 Å². The molecule has 0 radical (unpaired) electrons. The molecule has 1 aromatic heterocycles. The highest BCUT2D eigenvalue weighted by Crippen LogP contribution is 2.17. The average molecular weight is 337 g/mol. The normalized spacial score (nSPS) is 11.7. The molecule has 25 heavy (non-hydrogen) atoms. The lowest BCUT2D eigenvalue weighted by atomic mass is 10.1. The first kappa shape index (κ1) is 16.6. The van der Waals surface area contributed by atoms with Gasteiger partial charge in [-0.15, -0.1) is 0 Å². The van der Waals surface area contributed by atoms with Crippen LogP contribution < -0.4 is 15.6 Å². The molecule has 0 aliphatic heterocycles. The van der Waals surface area contributed by atoms with E-state index in [0.717, 1.165) is 16.5 Å². The van der Waals surface area contributed by atoms with Gasteiger partial charge in [-0.2, -0.15) is 0 Å². The van der Waals surface area contributed by atoms with Crippen molar-refractivity contribution in [1.82, 2.24) is 15.8 Å². The number of ether oxygens (including phenoxy) is 1. The van der Waals surface area contributed by atoms with Crippen molar-refractivity contribution in [3.05, 3.63) is 66.4 Å². The zero-order valence-corrected chi connectivity index (χ0v) is 13.8. The van der Waals surface area contributed by atoms with Gasteiger partial charge in [-0.25, -0.2) is 0 Å². The number of amides is 2. The topological polar surface area (TPSA) is 83.2 Å². The SMILES string of the molecule is CC(Oc1ccccc1)C(=O)NNC(=O)Cc1c[nH]c2ccccc12. The lowest BCUT2D eigenvalue weighted by molar-refractivity contribution is -0.132. The Morgan fingerprint density at radius 2 is 1.76 bits per heavy atom. The molecule has 2 aromatic carbocycles. The molecule has 3 N–H and O–H groups in total. The van der Waals surface area contributed by atoms with Gasteiger partial charge in [0, 0.05) is 17.1 Å². The van der Waals surface area contributed by atoms with E-state index in [2.05, 4.69) is 15.8 Å². The van der Waals surface area contributed by atoms with Crippen molar-refractivity contribution in [2.45, 2.75) is 19.4 Å². The Bertz CT molecular complexity index is 874. The number of hydrogen-bond acceptors (Lipinski definition) is 3. The number of rotatable bonds is 5. The molecule has 3 aromatic rings. The molecule has 2 amide bonds. The highest BCUT2D eigenvalue weighted by atomic mass is 16.5. The Balaban J connectivity index is 1.51. The number of carbonyl (C=O) groups is 2. The third-order valence-electron chi connectivity index (χ3n) is 3.78. The second-order valence-electron chi connectivity index (χ2n) is 5.65. The standard InChI is InChI=1S/C19H19N3O3/c1-13(25-15-7-3-2-4-8-15)19(24)22-21-18(23)11-14-12-20-17-10-6-5-9-16(14)17/h2-10,12-13,20H,11H2,1H3,(H,21,23)(H,22,24). The van der Waals surface area contributed by atoms with Gasteiger partial charge in [-0.05, 0) is 30.7 Å². The molecule has 0 saturated carbocycles. The number of carbonyl (C=O) groups excluding carboxylic acids is 2. The monoisotopic (exact) mass is 337 g/mol. The summed E-state index contributed by atoms with van der Waals surface area (Å²) in [6, 6.07) is 16.8. The zero-order valence-electron chi connectivity index (χ0n) is 13.8. The van der Waals surface area contributed by atoms with Crippen molar-refractivity contribution in [1.29, 1.82) is 0 Å². The Morgan fingerprint density at radius 1 is 1.04 bits per heavy atom. The van der Waals surface area contributed by atoms with Crippen LogP contribution in [0.4, 0.5) is 0 Å². The van der Waals surface area contributed by atoms with Gasteiger partial charge < -0.3 is 9.72 Å². The predicted octanol–water partition coefficient (Wildman–Crippen LogP) is 2.33. The summed E-state index contributed by atoms with van der Waals surface area (Å²) >= 11 is 0. The van der Waals surface area contributed by atoms with Crippen molar-refractivity contribution in [3.63, 3.8) is 0 Å². The van der Waals surface area contributed by atoms with Crippen LogP contribution in [-0.4, -0.2) is 22.9 Å². The molecule has 0 saturated heterocycles. The molecule has 6 heteroatoms. The van der Waals surface area contributed by atoms with Gasteiger partial charge in [0.1, 0.15) is 5.75 Å². The van der Waals surface area contributed by atoms with Crippen molar-refractivity contribution < 1.29 is 14.3 Å². The van der Waals surface area contributed by atoms with Crippen LogP contribution in [0.25, 0.3) is 10.9 Å². The van der Waals surface area contributed by atoms with E-state index in [0.29, 0.717) is 5.75 Å². The van der Waals surface area contributed by atoms with Gasteiger partial charge in [0.15, 0.2) is 6.10 Å². The number of H-pyrrole nitrogens is 1. The van der Waals surface area contributed by atoms with E-state index in [1.165, 1.54) is 0 Å². The Labute approximate surface area is 145 Å². The van der Waals surface area contributed by atoms with Crippen molar-refractivity contribution >= 4 is 22.7 Å².